The average Bonchev–Trinajstić information content (AvgIpc) is 3.25. The number of ether oxygens (including phenoxy) is 1. The lowest BCUT2D eigenvalue weighted by Gasteiger charge is -2.19. The maximum atomic E-state index is 12.0. The molecule has 128 valence electrons. The zero-order valence-electron chi connectivity index (χ0n) is 13.6. The molecule has 1 fully saturated rings. The number of hydrogen-bond acceptors (Lipinski definition) is 6. The Morgan fingerprint density at radius 1 is 1.46 bits per heavy atom. The number of carbonyl (C=O) groups excluding carboxylic acids is 1. The van der Waals surface area contributed by atoms with Crippen molar-refractivity contribution < 1.29 is 13.9 Å². The molecule has 0 saturated carbocycles. The Labute approximate surface area is 140 Å². The molecule has 3 heterocycles. The van der Waals surface area contributed by atoms with Crippen molar-refractivity contribution in [1.82, 2.24) is 20.6 Å². The molecule has 0 bridgehead atoms. The number of furan rings is 1. The highest BCUT2D eigenvalue weighted by molar-refractivity contribution is 5.74. The monoisotopic (exact) mass is 331 g/mol. The Kier molecular flexibility index (Phi) is 5.15. The van der Waals surface area contributed by atoms with Gasteiger partial charge in [0.1, 0.15) is 5.76 Å². The van der Waals surface area contributed by atoms with E-state index in [1.165, 1.54) is 0 Å². The lowest BCUT2D eigenvalue weighted by atomic mass is 10.3. The fraction of sp³-hybridized carbons (Fsp3) is 0.438. The molecule has 0 radical (unpaired) electrons. The number of aromatic nitrogens is 2. The number of nitrogens with zero attached hydrogens (tertiary/aromatic N) is 3. The summed E-state index contributed by atoms with van der Waals surface area (Å²) in [6.45, 7) is 4.29. The summed E-state index contributed by atoms with van der Waals surface area (Å²) in [5, 5.41) is 5.75. The smallest absolute Gasteiger partial charge is 0.315 e. The molecule has 1 aliphatic heterocycles. The van der Waals surface area contributed by atoms with Gasteiger partial charge in [0.25, 0.3) is 5.88 Å². The molecular weight excluding hydrogens is 310 g/mol. The SMILES string of the molecule is CCOc1nccnc1N1CC[C@@H](NC(=O)NCc2ccco2)C1. The van der Waals surface area contributed by atoms with Gasteiger partial charge in [-0.2, -0.15) is 0 Å². The molecule has 0 aromatic carbocycles. The third kappa shape index (κ3) is 3.95. The van der Waals surface area contributed by atoms with Crippen LogP contribution >= 0.6 is 0 Å². The van der Waals surface area contributed by atoms with Crippen LogP contribution in [-0.2, 0) is 6.54 Å². The lowest BCUT2D eigenvalue weighted by Crippen LogP contribution is -2.43. The summed E-state index contributed by atoms with van der Waals surface area (Å²) in [6, 6.07) is 3.46. The topological polar surface area (TPSA) is 92.5 Å². The number of nitrogens with one attached hydrogen (secondary N) is 2. The van der Waals surface area contributed by atoms with Crippen LogP contribution in [-0.4, -0.2) is 41.7 Å². The number of hydrogen-bond donors (Lipinski definition) is 2. The van der Waals surface area contributed by atoms with E-state index in [9.17, 15) is 4.79 Å². The Hall–Kier alpha value is -2.77. The number of carbonyl (C=O) groups is 1. The molecule has 24 heavy (non-hydrogen) atoms. The third-order valence-electron chi connectivity index (χ3n) is 3.75. The van der Waals surface area contributed by atoms with Gasteiger partial charge in [-0.25, -0.2) is 14.8 Å². The molecule has 2 aromatic rings. The van der Waals surface area contributed by atoms with Crippen molar-refractivity contribution >= 4 is 11.8 Å². The molecule has 2 aromatic heterocycles. The second-order valence-corrected chi connectivity index (χ2v) is 5.46. The fourth-order valence-corrected chi connectivity index (χ4v) is 2.66. The second kappa shape index (κ2) is 7.67. The maximum absolute atomic E-state index is 12.0. The first kappa shape index (κ1) is 16.1. The van der Waals surface area contributed by atoms with E-state index in [0.29, 0.717) is 25.6 Å². The van der Waals surface area contributed by atoms with Gasteiger partial charge in [0.2, 0.25) is 0 Å². The molecule has 1 saturated heterocycles. The first-order valence-corrected chi connectivity index (χ1v) is 8.01. The molecule has 8 heteroatoms. The average molecular weight is 331 g/mol. The van der Waals surface area contributed by atoms with Gasteiger partial charge in [0.15, 0.2) is 5.82 Å². The first-order chi connectivity index (χ1) is 11.8. The van der Waals surface area contributed by atoms with E-state index in [1.54, 1.807) is 24.7 Å². The van der Waals surface area contributed by atoms with Crippen molar-refractivity contribution in [3.8, 4) is 5.88 Å². The fourth-order valence-electron chi connectivity index (χ4n) is 2.66. The summed E-state index contributed by atoms with van der Waals surface area (Å²) in [4.78, 5) is 22.6. The summed E-state index contributed by atoms with van der Waals surface area (Å²) in [5.74, 6) is 1.97. The summed E-state index contributed by atoms with van der Waals surface area (Å²) in [7, 11) is 0. The van der Waals surface area contributed by atoms with Crippen LogP contribution < -0.4 is 20.3 Å². The van der Waals surface area contributed by atoms with Gasteiger partial charge >= 0.3 is 6.03 Å². The zero-order valence-corrected chi connectivity index (χ0v) is 13.6. The number of amides is 2. The minimum atomic E-state index is -0.206. The molecule has 2 amide bonds. The standard InChI is InChI=1S/C16H21N5O3/c1-2-23-15-14(17-6-7-18-15)21-8-5-12(11-21)20-16(22)19-10-13-4-3-9-24-13/h3-4,6-7,9,12H,2,5,8,10-11H2,1H3,(H2,19,20,22)/t12-/m1/s1. The summed E-state index contributed by atoms with van der Waals surface area (Å²) in [5.41, 5.74) is 0. The Bertz CT molecular complexity index is 661. The van der Waals surface area contributed by atoms with Crippen LogP contribution in [0, 0.1) is 0 Å². The van der Waals surface area contributed by atoms with Gasteiger partial charge in [-0.05, 0) is 25.5 Å². The summed E-state index contributed by atoms with van der Waals surface area (Å²) in [6.07, 6.45) is 5.69. The maximum Gasteiger partial charge on any atom is 0.315 e. The normalized spacial score (nSPS) is 16.9. The van der Waals surface area contributed by atoms with Gasteiger partial charge in [-0.15, -0.1) is 0 Å². The molecular formula is C16H21N5O3. The summed E-state index contributed by atoms with van der Waals surface area (Å²) < 4.78 is 10.7. The van der Waals surface area contributed by atoms with Crippen molar-refractivity contribution in [1.29, 1.82) is 0 Å². The zero-order chi connectivity index (χ0) is 16.8. The van der Waals surface area contributed by atoms with Gasteiger partial charge < -0.3 is 24.7 Å². The van der Waals surface area contributed by atoms with Crippen molar-refractivity contribution in [3.63, 3.8) is 0 Å². The molecule has 1 aliphatic rings. The molecule has 3 rings (SSSR count). The van der Waals surface area contributed by atoms with Crippen molar-refractivity contribution in [2.24, 2.45) is 0 Å². The van der Waals surface area contributed by atoms with Crippen LogP contribution in [0.4, 0.5) is 10.6 Å². The van der Waals surface area contributed by atoms with E-state index in [1.807, 2.05) is 13.0 Å². The van der Waals surface area contributed by atoms with E-state index in [2.05, 4.69) is 25.5 Å². The minimum Gasteiger partial charge on any atom is -0.475 e. The van der Waals surface area contributed by atoms with E-state index in [0.717, 1.165) is 24.5 Å². The minimum absolute atomic E-state index is 0.0538. The van der Waals surface area contributed by atoms with E-state index < -0.39 is 0 Å². The Morgan fingerprint density at radius 2 is 2.33 bits per heavy atom. The molecule has 8 nitrogen and oxygen atoms in total. The van der Waals surface area contributed by atoms with E-state index in [-0.39, 0.29) is 12.1 Å². The predicted octanol–water partition coefficient (Wildman–Crippen LogP) is 1.55. The lowest BCUT2D eigenvalue weighted by molar-refractivity contribution is 0.236. The highest BCUT2D eigenvalue weighted by Gasteiger charge is 2.27. The molecule has 0 unspecified atom stereocenters. The van der Waals surface area contributed by atoms with Crippen LogP contribution in [0.15, 0.2) is 35.2 Å². The van der Waals surface area contributed by atoms with Crippen LogP contribution in [0.1, 0.15) is 19.1 Å². The van der Waals surface area contributed by atoms with Crippen LogP contribution in [0.5, 0.6) is 5.88 Å². The largest absolute Gasteiger partial charge is 0.475 e. The van der Waals surface area contributed by atoms with Gasteiger partial charge in [-0.3, -0.25) is 0 Å². The van der Waals surface area contributed by atoms with E-state index >= 15 is 0 Å². The highest BCUT2D eigenvalue weighted by atomic mass is 16.5. The van der Waals surface area contributed by atoms with Gasteiger partial charge in [-0.1, -0.05) is 0 Å². The first-order valence-electron chi connectivity index (χ1n) is 8.01. The molecule has 0 aliphatic carbocycles. The number of urea groups is 1. The molecule has 1 atom stereocenters. The van der Waals surface area contributed by atoms with Crippen molar-refractivity contribution in [2.45, 2.75) is 25.9 Å². The quantitative estimate of drug-likeness (QED) is 0.834. The Morgan fingerprint density at radius 3 is 3.12 bits per heavy atom. The molecule has 0 spiro atoms. The van der Waals surface area contributed by atoms with Crippen molar-refractivity contribution in [3.05, 3.63) is 36.5 Å². The second-order valence-electron chi connectivity index (χ2n) is 5.46. The summed E-state index contributed by atoms with van der Waals surface area (Å²) >= 11 is 0. The Balaban J connectivity index is 1.51. The number of anilines is 1. The predicted molar refractivity (Wildman–Crippen MR) is 87.9 cm³/mol. The number of rotatable bonds is 6. The van der Waals surface area contributed by atoms with E-state index in [4.69, 9.17) is 9.15 Å². The van der Waals surface area contributed by atoms with Crippen molar-refractivity contribution in [2.75, 3.05) is 24.6 Å². The van der Waals surface area contributed by atoms with Crippen LogP contribution in [0.25, 0.3) is 0 Å². The highest BCUT2D eigenvalue weighted by Crippen LogP contribution is 2.26. The van der Waals surface area contributed by atoms with Gasteiger partial charge in [0.05, 0.1) is 19.4 Å². The third-order valence-corrected chi connectivity index (χ3v) is 3.75. The molecule has 2 N–H and O–H groups in total. The van der Waals surface area contributed by atoms with Crippen LogP contribution in [0.2, 0.25) is 0 Å². The van der Waals surface area contributed by atoms with Gasteiger partial charge in [0, 0.05) is 31.5 Å². The van der Waals surface area contributed by atoms with Crippen LogP contribution in [0.3, 0.4) is 0 Å².